The Labute approximate surface area is 99.8 Å². The van der Waals surface area contributed by atoms with Gasteiger partial charge in [-0.05, 0) is 6.07 Å². The lowest BCUT2D eigenvalue weighted by Crippen LogP contribution is -2.26. The van der Waals surface area contributed by atoms with Crippen molar-refractivity contribution in [3.05, 3.63) is 24.0 Å². The number of pyridine rings is 1. The first-order valence-electron chi connectivity index (χ1n) is 4.87. The molecule has 0 aromatic carbocycles. The number of carboxylic acids is 1. The van der Waals surface area contributed by atoms with Gasteiger partial charge in [-0.3, -0.25) is 4.98 Å². The number of hydrogen-bond donors (Lipinski definition) is 1. The molecular weight excluding hydrogens is 244 g/mol. The number of aromatic nitrogens is 1. The molecule has 17 heavy (non-hydrogen) atoms. The molecule has 0 radical (unpaired) electrons. The maximum atomic E-state index is 11.0. The number of sulfone groups is 1. The van der Waals surface area contributed by atoms with Crippen LogP contribution in [0.4, 0.5) is 5.69 Å². The van der Waals surface area contributed by atoms with E-state index in [0.29, 0.717) is 5.69 Å². The summed E-state index contributed by atoms with van der Waals surface area (Å²) in [4.78, 5) is 16.4. The summed E-state index contributed by atoms with van der Waals surface area (Å²) in [5, 5.41) is 8.97. The molecule has 1 aromatic rings. The number of anilines is 1. The first kappa shape index (κ1) is 13.4. The maximum Gasteiger partial charge on any atom is 0.337 e. The van der Waals surface area contributed by atoms with Crippen molar-refractivity contribution in [2.45, 2.75) is 0 Å². The predicted octanol–water partition coefficient (Wildman–Crippen LogP) is 0.261. The van der Waals surface area contributed by atoms with Crippen LogP contribution in [-0.2, 0) is 9.84 Å². The molecule has 0 amide bonds. The van der Waals surface area contributed by atoms with Crippen LogP contribution in [0.1, 0.15) is 10.4 Å². The van der Waals surface area contributed by atoms with Crippen molar-refractivity contribution in [3.8, 4) is 0 Å². The molecule has 7 heteroatoms. The normalized spacial score (nSPS) is 11.2. The zero-order chi connectivity index (χ0) is 13.1. The summed E-state index contributed by atoms with van der Waals surface area (Å²) < 4.78 is 22.1. The Bertz CT molecular complexity index is 513. The third-order valence-corrected chi connectivity index (χ3v) is 3.16. The minimum atomic E-state index is -3.07. The van der Waals surface area contributed by atoms with Crippen LogP contribution in [0.25, 0.3) is 0 Å². The Morgan fingerprint density at radius 2 is 2.18 bits per heavy atom. The average Bonchev–Trinajstić information content (AvgIpc) is 2.25. The van der Waals surface area contributed by atoms with Crippen molar-refractivity contribution in [1.82, 2.24) is 4.98 Å². The van der Waals surface area contributed by atoms with E-state index in [1.165, 1.54) is 18.5 Å². The van der Waals surface area contributed by atoms with Crippen LogP contribution in [0.15, 0.2) is 18.5 Å². The molecule has 0 atom stereocenters. The zero-order valence-corrected chi connectivity index (χ0v) is 10.4. The van der Waals surface area contributed by atoms with E-state index in [2.05, 4.69) is 4.98 Å². The molecule has 1 N–H and O–H groups in total. The molecule has 94 valence electrons. The van der Waals surface area contributed by atoms with Crippen molar-refractivity contribution < 1.29 is 18.3 Å². The molecule has 6 nitrogen and oxygen atoms in total. The zero-order valence-electron chi connectivity index (χ0n) is 9.62. The van der Waals surface area contributed by atoms with E-state index in [4.69, 9.17) is 5.11 Å². The van der Waals surface area contributed by atoms with Crippen LogP contribution in [-0.4, -0.2) is 50.1 Å². The molecule has 0 aliphatic heterocycles. The summed E-state index contributed by atoms with van der Waals surface area (Å²) in [5.41, 5.74) is 0.514. The monoisotopic (exact) mass is 258 g/mol. The van der Waals surface area contributed by atoms with Gasteiger partial charge in [0.25, 0.3) is 0 Å². The van der Waals surface area contributed by atoms with Crippen LogP contribution in [0.3, 0.4) is 0 Å². The number of carbonyl (C=O) groups is 1. The fourth-order valence-corrected chi connectivity index (χ4v) is 1.90. The van der Waals surface area contributed by atoms with E-state index in [9.17, 15) is 13.2 Å². The van der Waals surface area contributed by atoms with Gasteiger partial charge < -0.3 is 10.0 Å². The largest absolute Gasteiger partial charge is 0.478 e. The highest BCUT2D eigenvalue weighted by Gasteiger charge is 2.14. The van der Waals surface area contributed by atoms with E-state index in [0.717, 1.165) is 6.26 Å². The Balaban J connectivity index is 2.89. The molecule has 1 heterocycles. The number of nitrogens with zero attached hydrogens (tertiary/aromatic N) is 2. The molecule has 0 saturated carbocycles. The van der Waals surface area contributed by atoms with Gasteiger partial charge in [-0.1, -0.05) is 0 Å². The third-order valence-electron chi connectivity index (χ3n) is 2.24. The molecule has 0 spiro atoms. The molecule has 1 aromatic heterocycles. The molecule has 1 rings (SSSR count). The molecule has 0 bridgehead atoms. The number of rotatable bonds is 5. The van der Waals surface area contributed by atoms with E-state index in [1.807, 2.05) is 0 Å². The van der Waals surface area contributed by atoms with Crippen molar-refractivity contribution in [1.29, 1.82) is 0 Å². The van der Waals surface area contributed by atoms with Crippen molar-refractivity contribution in [2.75, 3.05) is 30.5 Å². The van der Waals surface area contributed by atoms with Gasteiger partial charge in [-0.25, -0.2) is 13.2 Å². The lowest BCUT2D eigenvalue weighted by Gasteiger charge is -2.19. The van der Waals surface area contributed by atoms with E-state index in [-0.39, 0.29) is 17.9 Å². The second kappa shape index (κ2) is 5.13. The van der Waals surface area contributed by atoms with Crippen LogP contribution in [0.5, 0.6) is 0 Å². The summed E-state index contributed by atoms with van der Waals surface area (Å²) in [6, 6.07) is 1.38. The fourth-order valence-electron chi connectivity index (χ4n) is 1.29. The summed E-state index contributed by atoms with van der Waals surface area (Å²) >= 11 is 0. The Kier molecular flexibility index (Phi) is 4.06. The molecule has 0 aliphatic rings. The van der Waals surface area contributed by atoms with Gasteiger partial charge in [0, 0.05) is 26.0 Å². The standard InChI is InChI=1S/C10H14N2O4S/c1-12(5-6-17(2,15)16)9-7-11-4-3-8(9)10(13)14/h3-4,7H,5-6H2,1-2H3,(H,13,14). The molecule has 0 aliphatic carbocycles. The van der Waals surface area contributed by atoms with Gasteiger partial charge in [-0.2, -0.15) is 0 Å². The van der Waals surface area contributed by atoms with Crippen molar-refractivity contribution >= 4 is 21.5 Å². The Hall–Kier alpha value is -1.63. The SMILES string of the molecule is CN(CCS(C)(=O)=O)c1cnccc1C(=O)O. The number of aromatic carboxylic acids is 1. The molecule has 0 fully saturated rings. The van der Waals surface area contributed by atoms with E-state index in [1.54, 1.807) is 11.9 Å². The molecule has 0 saturated heterocycles. The Morgan fingerprint density at radius 1 is 1.53 bits per heavy atom. The van der Waals surface area contributed by atoms with Crippen LogP contribution >= 0.6 is 0 Å². The van der Waals surface area contributed by atoms with Gasteiger partial charge in [0.2, 0.25) is 0 Å². The highest BCUT2D eigenvalue weighted by atomic mass is 32.2. The van der Waals surface area contributed by atoms with Gasteiger partial charge in [0.1, 0.15) is 9.84 Å². The van der Waals surface area contributed by atoms with Crippen LogP contribution in [0, 0.1) is 0 Å². The average molecular weight is 258 g/mol. The quantitative estimate of drug-likeness (QED) is 0.815. The topological polar surface area (TPSA) is 87.6 Å². The number of carboxylic acid groups (broad SMARTS) is 1. The van der Waals surface area contributed by atoms with Gasteiger partial charge >= 0.3 is 5.97 Å². The lowest BCUT2D eigenvalue weighted by atomic mass is 10.2. The van der Waals surface area contributed by atoms with Gasteiger partial charge in [0.15, 0.2) is 0 Å². The Morgan fingerprint density at radius 3 is 2.71 bits per heavy atom. The second-order valence-corrected chi connectivity index (χ2v) is 6.01. The second-order valence-electron chi connectivity index (χ2n) is 3.75. The van der Waals surface area contributed by atoms with Crippen molar-refractivity contribution in [2.24, 2.45) is 0 Å². The lowest BCUT2D eigenvalue weighted by molar-refractivity contribution is 0.0697. The molecular formula is C10H14N2O4S. The smallest absolute Gasteiger partial charge is 0.337 e. The summed E-state index contributed by atoms with van der Waals surface area (Å²) in [6.45, 7) is 0.227. The minimum absolute atomic E-state index is 0.0303. The molecule has 0 unspecified atom stereocenters. The van der Waals surface area contributed by atoms with Gasteiger partial charge in [0.05, 0.1) is 23.2 Å². The number of hydrogen-bond acceptors (Lipinski definition) is 5. The van der Waals surface area contributed by atoms with Crippen LogP contribution < -0.4 is 4.90 Å². The fraction of sp³-hybridized carbons (Fsp3) is 0.400. The first-order chi connectivity index (χ1) is 7.81. The summed E-state index contributed by atoms with van der Waals surface area (Å²) in [5.74, 6) is -1.09. The first-order valence-corrected chi connectivity index (χ1v) is 6.93. The summed E-state index contributed by atoms with van der Waals surface area (Å²) in [7, 11) is -1.44. The van der Waals surface area contributed by atoms with E-state index < -0.39 is 15.8 Å². The highest BCUT2D eigenvalue weighted by Crippen LogP contribution is 2.17. The minimum Gasteiger partial charge on any atom is -0.478 e. The predicted molar refractivity (Wildman–Crippen MR) is 64.2 cm³/mol. The van der Waals surface area contributed by atoms with E-state index >= 15 is 0 Å². The highest BCUT2D eigenvalue weighted by molar-refractivity contribution is 7.90. The van der Waals surface area contributed by atoms with Gasteiger partial charge in [-0.15, -0.1) is 0 Å². The summed E-state index contributed by atoms with van der Waals surface area (Å²) in [6.07, 6.45) is 3.94. The maximum absolute atomic E-state index is 11.0. The van der Waals surface area contributed by atoms with Crippen molar-refractivity contribution in [3.63, 3.8) is 0 Å². The third kappa shape index (κ3) is 4.03. The van der Waals surface area contributed by atoms with Crippen LogP contribution in [0.2, 0.25) is 0 Å².